The molecule has 0 unspecified atom stereocenters. The van der Waals surface area contributed by atoms with Gasteiger partial charge in [0.25, 0.3) is 0 Å². The van der Waals surface area contributed by atoms with Crippen molar-refractivity contribution in [3.05, 3.63) is 12.1 Å². The lowest BCUT2D eigenvalue weighted by atomic mass is 10.2. The number of sulfonamides is 1. The summed E-state index contributed by atoms with van der Waals surface area (Å²) >= 11 is 0. The molecule has 1 aromatic carbocycles. The molecule has 9 heteroatoms. The van der Waals surface area contributed by atoms with Crippen LogP contribution in [0.2, 0.25) is 0 Å². The van der Waals surface area contributed by atoms with Crippen LogP contribution in [0.15, 0.2) is 16.8 Å². The summed E-state index contributed by atoms with van der Waals surface area (Å²) in [6.07, 6.45) is 1.02. The predicted octanol–water partition coefficient (Wildman–Crippen LogP) is 0.553. The van der Waals surface area contributed by atoms with Crippen molar-refractivity contribution in [1.29, 1.82) is 0 Å². The first-order valence-corrected chi connectivity index (χ1v) is 6.76. The van der Waals surface area contributed by atoms with Gasteiger partial charge in [-0.05, 0) is 22.4 Å². The summed E-state index contributed by atoms with van der Waals surface area (Å²) in [6, 6.07) is 2.99. The predicted molar refractivity (Wildman–Crippen MR) is 64.6 cm³/mol. The van der Waals surface area contributed by atoms with E-state index in [0.29, 0.717) is 5.69 Å². The lowest BCUT2D eigenvalue weighted by Crippen LogP contribution is -2.11. The van der Waals surface area contributed by atoms with Crippen LogP contribution in [-0.2, 0) is 14.8 Å². The first-order valence-electron chi connectivity index (χ1n) is 4.87. The maximum absolute atomic E-state index is 11.2. The van der Waals surface area contributed by atoms with E-state index in [1.807, 2.05) is 0 Å². The van der Waals surface area contributed by atoms with Crippen LogP contribution in [0.5, 0.6) is 0 Å². The average molecular weight is 270 g/mol. The number of hydrogen-bond acceptors (Lipinski definition) is 6. The van der Waals surface area contributed by atoms with Crippen molar-refractivity contribution in [2.24, 2.45) is 0 Å². The number of fused-ring (bicyclic) bond motifs is 1. The van der Waals surface area contributed by atoms with E-state index in [1.54, 1.807) is 0 Å². The molecule has 0 saturated heterocycles. The van der Waals surface area contributed by atoms with E-state index in [2.05, 4.69) is 25.0 Å². The van der Waals surface area contributed by atoms with Crippen molar-refractivity contribution in [2.75, 3.05) is 16.3 Å². The van der Waals surface area contributed by atoms with Crippen LogP contribution in [-0.4, -0.2) is 30.9 Å². The first kappa shape index (κ1) is 12.3. The van der Waals surface area contributed by atoms with Gasteiger partial charge in [-0.15, -0.1) is 0 Å². The van der Waals surface area contributed by atoms with Crippen LogP contribution in [0.1, 0.15) is 6.92 Å². The second-order valence-electron chi connectivity index (χ2n) is 3.68. The minimum absolute atomic E-state index is 0.228. The van der Waals surface area contributed by atoms with Gasteiger partial charge in [0, 0.05) is 6.92 Å². The van der Waals surface area contributed by atoms with E-state index in [-0.39, 0.29) is 22.6 Å². The van der Waals surface area contributed by atoms with Gasteiger partial charge in [-0.2, -0.15) is 0 Å². The van der Waals surface area contributed by atoms with Gasteiger partial charge in [0.15, 0.2) is 11.0 Å². The summed E-state index contributed by atoms with van der Waals surface area (Å²) < 4.78 is 29.2. The molecule has 0 saturated carbocycles. The Bertz CT molecular complexity index is 706. The number of rotatable bonds is 3. The zero-order chi connectivity index (χ0) is 13.3. The zero-order valence-corrected chi connectivity index (χ0v) is 10.4. The number of hydrogen-bond donors (Lipinski definition) is 2. The van der Waals surface area contributed by atoms with Gasteiger partial charge < -0.3 is 5.32 Å². The summed E-state index contributed by atoms with van der Waals surface area (Å²) in [7, 11) is -3.43. The third kappa shape index (κ3) is 2.56. The SMILES string of the molecule is CC(=O)Nc1ccc(NS(C)(=O)=O)c2nonc12. The molecule has 2 N–H and O–H groups in total. The van der Waals surface area contributed by atoms with Gasteiger partial charge in [-0.25, -0.2) is 13.0 Å². The van der Waals surface area contributed by atoms with E-state index in [0.717, 1.165) is 6.26 Å². The maximum atomic E-state index is 11.2. The summed E-state index contributed by atoms with van der Waals surface area (Å²) in [6.45, 7) is 1.35. The molecule has 0 radical (unpaired) electrons. The van der Waals surface area contributed by atoms with Crippen LogP contribution in [0, 0.1) is 0 Å². The Hall–Kier alpha value is -2.16. The zero-order valence-electron chi connectivity index (χ0n) is 9.59. The molecule has 0 spiro atoms. The Labute approximate surface area is 102 Å². The molecule has 1 heterocycles. The van der Waals surface area contributed by atoms with Crippen LogP contribution < -0.4 is 10.0 Å². The Morgan fingerprint density at radius 3 is 2.33 bits per heavy atom. The molecule has 0 atom stereocenters. The molecule has 2 rings (SSSR count). The molecule has 96 valence electrons. The molecule has 0 aliphatic heterocycles. The van der Waals surface area contributed by atoms with Gasteiger partial charge in [0.1, 0.15) is 0 Å². The maximum Gasteiger partial charge on any atom is 0.229 e. The van der Waals surface area contributed by atoms with Crippen LogP contribution >= 0.6 is 0 Å². The second kappa shape index (κ2) is 4.26. The molecule has 0 aliphatic carbocycles. The molecule has 0 aliphatic rings. The highest BCUT2D eigenvalue weighted by Crippen LogP contribution is 2.27. The molecule has 0 bridgehead atoms. The van der Waals surface area contributed by atoms with E-state index in [9.17, 15) is 13.2 Å². The quantitative estimate of drug-likeness (QED) is 0.841. The van der Waals surface area contributed by atoms with Crippen molar-refractivity contribution in [3.63, 3.8) is 0 Å². The van der Waals surface area contributed by atoms with Crippen LogP contribution in [0.4, 0.5) is 11.4 Å². The summed E-state index contributed by atoms with van der Waals surface area (Å²) in [5.74, 6) is -0.275. The normalized spacial score (nSPS) is 11.4. The van der Waals surface area contributed by atoms with Crippen molar-refractivity contribution < 1.29 is 17.8 Å². The van der Waals surface area contributed by atoms with E-state index < -0.39 is 10.0 Å². The molecule has 1 amide bonds. The van der Waals surface area contributed by atoms with Gasteiger partial charge in [-0.1, -0.05) is 0 Å². The van der Waals surface area contributed by atoms with Gasteiger partial charge in [0.2, 0.25) is 15.9 Å². The van der Waals surface area contributed by atoms with Crippen LogP contribution in [0.25, 0.3) is 11.0 Å². The monoisotopic (exact) mass is 270 g/mol. The lowest BCUT2D eigenvalue weighted by molar-refractivity contribution is -0.114. The molecule has 8 nitrogen and oxygen atoms in total. The molecule has 2 aromatic rings. The Morgan fingerprint density at radius 1 is 1.22 bits per heavy atom. The number of anilines is 2. The second-order valence-corrected chi connectivity index (χ2v) is 5.43. The molecule has 18 heavy (non-hydrogen) atoms. The van der Waals surface area contributed by atoms with E-state index >= 15 is 0 Å². The highest BCUT2D eigenvalue weighted by atomic mass is 32.2. The fraction of sp³-hybridized carbons (Fsp3) is 0.222. The van der Waals surface area contributed by atoms with Crippen molar-refractivity contribution in [2.45, 2.75) is 6.92 Å². The number of carbonyl (C=O) groups excluding carboxylic acids is 1. The van der Waals surface area contributed by atoms with Gasteiger partial charge in [0.05, 0.1) is 17.6 Å². The smallest absolute Gasteiger partial charge is 0.229 e. The molecular formula is C9H10N4O4S. The average Bonchev–Trinajstić information content (AvgIpc) is 2.68. The number of benzene rings is 1. The third-order valence-electron chi connectivity index (χ3n) is 2.02. The van der Waals surface area contributed by atoms with Gasteiger partial charge >= 0.3 is 0 Å². The molecule has 0 fully saturated rings. The van der Waals surface area contributed by atoms with Crippen molar-refractivity contribution >= 4 is 38.3 Å². The Balaban J connectivity index is 2.53. The topological polar surface area (TPSA) is 114 Å². The van der Waals surface area contributed by atoms with Crippen LogP contribution in [0.3, 0.4) is 0 Å². The molecule has 1 aromatic heterocycles. The summed E-state index contributed by atoms with van der Waals surface area (Å²) in [4.78, 5) is 11.0. The first-order chi connectivity index (χ1) is 8.37. The highest BCUT2D eigenvalue weighted by Gasteiger charge is 2.14. The van der Waals surface area contributed by atoms with Crippen molar-refractivity contribution in [1.82, 2.24) is 10.3 Å². The summed E-state index contributed by atoms with van der Waals surface area (Å²) in [5, 5.41) is 9.78. The number of aromatic nitrogens is 2. The fourth-order valence-corrected chi connectivity index (χ4v) is 2.00. The highest BCUT2D eigenvalue weighted by molar-refractivity contribution is 7.92. The standard InChI is InChI=1S/C9H10N4O4S/c1-5(14)10-6-3-4-7(13-18(2,15)16)9-8(6)11-17-12-9/h3-4,13H,1-2H3,(H,10,14). The van der Waals surface area contributed by atoms with Crippen molar-refractivity contribution in [3.8, 4) is 0 Å². The number of carbonyl (C=O) groups is 1. The van der Waals surface area contributed by atoms with E-state index in [1.165, 1.54) is 19.1 Å². The Morgan fingerprint density at radius 2 is 1.78 bits per heavy atom. The lowest BCUT2D eigenvalue weighted by Gasteiger charge is -2.06. The summed E-state index contributed by atoms with van der Waals surface area (Å²) in [5.41, 5.74) is 1.14. The number of nitrogens with zero attached hydrogens (tertiary/aromatic N) is 2. The minimum Gasteiger partial charge on any atom is -0.324 e. The van der Waals surface area contributed by atoms with E-state index in [4.69, 9.17) is 0 Å². The Kier molecular flexibility index (Phi) is 2.91. The fourth-order valence-electron chi connectivity index (χ4n) is 1.44. The van der Waals surface area contributed by atoms with Gasteiger partial charge in [-0.3, -0.25) is 9.52 Å². The largest absolute Gasteiger partial charge is 0.324 e. The third-order valence-corrected chi connectivity index (χ3v) is 2.61. The molecular weight excluding hydrogens is 260 g/mol. The minimum atomic E-state index is -3.43. The number of amides is 1. The number of nitrogens with one attached hydrogen (secondary N) is 2.